The van der Waals surface area contributed by atoms with Gasteiger partial charge < -0.3 is 19.5 Å². The number of carbonyl (C=O) groups is 1. The summed E-state index contributed by atoms with van der Waals surface area (Å²) in [6.07, 6.45) is 0.0731. The molecule has 36 heavy (non-hydrogen) atoms. The minimum Gasteiger partial charge on any atom is -0.491 e. The number of benzene rings is 2. The number of thiophene rings is 1. The zero-order valence-corrected chi connectivity index (χ0v) is 21.5. The summed E-state index contributed by atoms with van der Waals surface area (Å²) in [5, 5.41) is 12.6. The molecular formula is C28H33FN2O4S. The Hall–Kier alpha value is -2.94. The van der Waals surface area contributed by atoms with Crippen LogP contribution in [0.5, 0.6) is 11.5 Å². The van der Waals surface area contributed by atoms with Gasteiger partial charge in [-0.15, -0.1) is 11.3 Å². The minimum absolute atomic E-state index is 0.00978. The van der Waals surface area contributed by atoms with Gasteiger partial charge in [0.15, 0.2) is 0 Å². The fourth-order valence-electron chi connectivity index (χ4n) is 4.34. The van der Waals surface area contributed by atoms with Crippen molar-refractivity contribution >= 4 is 17.2 Å². The molecule has 0 bridgehead atoms. The van der Waals surface area contributed by atoms with Crippen molar-refractivity contribution in [3.05, 3.63) is 82.3 Å². The normalized spacial score (nSPS) is 16.2. The van der Waals surface area contributed by atoms with Gasteiger partial charge in [0.1, 0.15) is 36.6 Å². The largest absolute Gasteiger partial charge is 0.491 e. The van der Waals surface area contributed by atoms with E-state index in [0.717, 1.165) is 12.0 Å². The summed E-state index contributed by atoms with van der Waals surface area (Å²) < 4.78 is 24.9. The lowest BCUT2D eigenvalue weighted by atomic mass is 10.00. The maximum atomic E-state index is 13.5. The van der Waals surface area contributed by atoms with Crippen molar-refractivity contribution in [2.75, 3.05) is 32.8 Å². The number of aliphatic hydroxyl groups is 1. The van der Waals surface area contributed by atoms with E-state index in [2.05, 4.69) is 6.07 Å². The second-order valence-corrected chi connectivity index (χ2v) is 10.2. The molecule has 0 unspecified atom stereocenters. The van der Waals surface area contributed by atoms with E-state index in [0.29, 0.717) is 24.6 Å². The Morgan fingerprint density at radius 2 is 1.83 bits per heavy atom. The van der Waals surface area contributed by atoms with Crippen LogP contribution >= 0.6 is 11.3 Å². The first-order chi connectivity index (χ1) is 17.4. The van der Waals surface area contributed by atoms with Crippen molar-refractivity contribution in [3.8, 4) is 11.5 Å². The minimum atomic E-state index is -0.733. The van der Waals surface area contributed by atoms with Crippen LogP contribution < -0.4 is 9.47 Å². The number of amides is 1. The SMILES string of the molecule is CC(C)N(CC(=O)N1CCc2sccc2[C@@H]1COc1ccc(F)cc1)C[C@@H](O)COc1ccccc1. The third-order valence-corrected chi connectivity index (χ3v) is 7.33. The highest BCUT2D eigenvalue weighted by atomic mass is 32.1. The van der Waals surface area contributed by atoms with Crippen LogP contribution in [-0.2, 0) is 11.2 Å². The molecular weight excluding hydrogens is 479 g/mol. The standard InChI is InChI=1S/C28H33FN2O4S/c1-20(2)30(16-22(32)18-34-23-6-4-3-5-7-23)17-28(33)31-14-12-27-25(13-15-36-27)26(31)19-35-24-10-8-21(29)9-11-24/h3-11,13,15,20,22,26,32H,12,14,16-19H2,1-2H3/t22-,26+/m1/s1. The second kappa shape index (κ2) is 12.3. The topological polar surface area (TPSA) is 62.2 Å². The van der Waals surface area contributed by atoms with Gasteiger partial charge in [-0.05, 0) is 73.7 Å². The third kappa shape index (κ3) is 6.84. The van der Waals surface area contributed by atoms with Crippen LogP contribution in [0.4, 0.5) is 4.39 Å². The highest BCUT2D eigenvalue weighted by Crippen LogP contribution is 2.34. The van der Waals surface area contributed by atoms with Crippen LogP contribution in [0.2, 0.25) is 0 Å². The van der Waals surface area contributed by atoms with Crippen LogP contribution in [0.25, 0.3) is 0 Å². The molecule has 1 aromatic heterocycles. The molecule has 0 aliphatic carbocycles. The molecule has 2 heterocycles. The molecule has 192 valence electrons. The molecule has 2 aromatic carbocycles. The van der Waals surface area contributed by atoms with Crippen molar-refractivity contribution in [1.82, 2.24) is 9.80 Å². The van der Waals surface area contributed by atoms with E-state index < -0.39 is 6.10 Å². The average molecular weight is 513 g/mol. The zero-order valence-electron chi connectivity index (χ0n) is 20.7. The molecule has 1 aliphatic rings. The third-order valence-electron chi connectivity index (χ3n) is 6.34. The van der Waals surface area contributed by atoms with Gasteiger partial charge in [0.05, 0.1) is 12.6 Å². The van der Waals surface area contributed by atoms with Crippen molar-refractivity contribution < 1.29 is 23.8 Å². The Balaban J connectivity index is 1.39. The first-order valence-electron chi connectivity index (χ1n) is 12.2. The Kier molecular flexibility index (Phi) is 8.96. The highest BCUT2D eigenvalue weighted by molar-refractivity contribution is 7.10. The maximum absolute atomic E-state index is 13.5. The Labute approximate surface area is 215 Å². The lowest BCUT2D eigenvalue weighted by Crippen LogP contribution is -2.49. The molecule has 0 saturated heterocycles. The van der Waals surface area contributed by atoms with E-state index in [4.69, 9.17) is 9.47 Å². The van der Waals surface area contributed by atoms with Crippen LogP contribution in [-0.4, -0.2) is 65.8 Å². The Morgan fingerprint density at radius 3 is 2.56 bits per heavy atom. The molecule has 0 saturated carbocycles. The number of halogens is 1. The number of rotatable bonds is 11. The smallest absolute Gasteiger partial charge is 0.237 e. The van der Waals surface area contributed by atoms with Gasteiger partial charge >= 0.3 is 0 Å². The molecule has 6 nitrogen and oxygen atoms in total. The molecule has 0 spiro atoms. The molecule has 3 aromatic rings. The predicted octanol–water partition coefficient (Wildman–Crippen LogP) is 4.54. The van der Waals surface area contributed by atoms with Gasteiger partial charge in [0.2, 0.25) is 5.91 Å². The average Bonchev–Trinajstić information content (AvgIpc) is 3.36. The van der Waals surface area contributed by atoms with Crippen molar-refractivity contribution in [1.29, 1.82) is 0 Å². The fourth-order valence-corrected chi connectivity index (χ4v) is 5.26. The number of hydrogen-bond donors (Lipinski definition) is 1. The number of aliphatic hydroxyl groups excluding tert-OH is 1. The lowest BCUT2D eigenvalue weighted by molar-refractivity contribution is -0.137. The van der Waals surface area contributed by atoms with E-state index >= 15 is 0 Å². The van der Waals surface area contributed by atoms with Crippen LogP contribution in [0, 0.1) is 5.82 Å². The summed E-state index contributed by atoms with van der Waals surface area (Å²) in [4.78, 5) is 18.7. The fraction of sp³-hybridized carbons (Fsp3) is 0.393. The second-order valence-electron chi connectivity index (χ2n) is 9.22. The summed E-state index contributed by atoms with van der Waals surface area (Å²) in [5.41, 5.74) is 1.11. The molecule has 4 rings (SSSR count). The summed E-state index contributed by atoms with van der Waals surface area (Å²) in [7, 11) is 0. The maximum Gasteiger partial charge on any atom is 0.237 e. The molecule has 1 aliphatic heterocycles. The summed E-state index contributed by atoms with van der Waals surface area (Å²) in [6.45, 7) is 5.58. The van der Waals surface area contributed by atoms with Crippen LogP contribution in [0.15, 0.2) is 66.0 Å². The first kappa shape index (κ1) is 26.1. The van der Waals surface area contributed by atoms with E-state index in [1.165, 1.54) is 17.0 Å². The van der Waals surface area contributed by atoms with Gasteiger partial charge in [-0.25, -0.2) is 4.39 Å². The van der Waals surface area contributed by atoms with E-state index in [9.17, 15) is 14.3 Å². The summed E-state index contributed by atoms with van der Waals surface area (Å²) >= 11 is 1.70. The number of ether oxygens (including phenoxy) is 2. The number of carbonyl (C=O) groups excluding carboxylic acids is 1. The molecule has 0 fully saturated rings. The Bertz CT molecular complexity index is 1110. The molecule has 2 atom stereocenters. The van der Waals surface area contributed by atoms with E-state index in [1.807, 2.05) is 59.4 Å². The van der Waals surface area contributed by atoms with Gasteiger partial charge in [-0.1, -0.05) is 18.2 Å². The molecule has 0 radical (unpaired) electrons. The number of fused-ring (bicyclic) bond motifs is 1. The van der Waals surface area contributed by atoms with Gasteiger partial charge in [0.25, 0.3) is 0 Å². The van der Waals surface area contributed by atoms with E-state index in [-0.39, 0.29) is 43.6 Å². The monoisotopic (exact) mass is 512 g/mol. The molecule has 8 heteroatoms. The van der Waals surface area contributed by atoms with Crippen LogP contribution in [0.1, 0.15) is 30.3 Å². The Morgan fingerprint density at radius 1 is 1.11 bits per heavy atom. The summed E-state index contributed by atoms with van der Waals surface area (Å²) in [5.74, 6) is 0.940. The van der Waals surface area contributed by atoms with Crippen molar-refractivity contribution in [2.24, 2.45) is 0 Å². The summed E-state index contributed by atoms with van der Waals surface area (Å²) in [6, 6.07) is 17.2. The molecule has 1 amide bonds. The predicted molar refractivity (Wildman–Crippen MR) is 139 cm³/mol. The number of para-hydroxylation sites is 1. The number of hydrogen-bond acceptors (Lipinski definition) is 6. The lowest BCUT2D eigenvalue weighted by Gasteiger charge is -2.38. The highest BCUT2D eigenvalue weighted by Gasteiger charge is 2.33. The van der Waals surface area contributed by atoms with Crippen molar-refractivity contribution in [3.63, 3.8) is 0 Å². The van der Waals surface area contributed by atoms with Gasteiger partial charge in [-0.3, -0.25) is 9.69 Å². The van der Waals surface area contributed by atoms with Gasteiger partial charge in [-0.2, -0.15) is 0 Å². The number of nitrogens with zero attached hydrogens (tertiary/aromatic N) is 2. The van der Waals surface area contributed by atoms with Crippen molar-refractivity contribution in [2.45, 2.75) is 38.5 Å². The first-order valence-corrected chi connectivity index (χ1v) is 13.1. The van der Waals surface area contributed by atoms with Gasteiger partial charge in [0, 0.05) is 24.0 Å². The quantitative estimate of drug-likeness (QED) is 0.409. The molecule has 1 N–H and O–H groups in total. The van der Waals surface area contributed by atoms with Crippen LogP contribution in [0.3, 0.4) is 0 Å². The zero-order chi connectivity index (χ0) is 25.5. The van der Waals surface area contributed by atoms with E-state index in [1.54, 1.807) is 23.5 Å².